The van der Waals surface area contributed by atoms with Gasteiger partial charge in [-0.1, -0.05) is 13.8 Å². The van der Waals surface area contributed by atoms with Crippen molar-refractivity contribution in [2.24, 2.45) is 5.41 Å². The lowest BCUT2D eigenvalue weighted by Crippen LogP contribution is -2.67. The molecule has 1 amide bonds. The summed E-state index contributed by atoms with van der Waals surface area (Å²) in [4.78, 5) is 12.4. The average Bonchev–Trinajstić information content (AvgIpc) is 2.44. The first-order valence-electron chi connectivity index (χ1n) is 7.77. The second-order valence-electron chi connectivity index (χ2n) is 5.97. The van der Waals surface area contributed by atoms with Crippen LogP contribution in [0.3, 0.4) is 0 Å². The molecule has 0 spiro atoms. The van der Waals surface area contributed by atoms with Crippen LogP contribution in [-0.4, -0.2) is 50.5 Å². The summed E-state index contributed by atoms with van der Waals surface area (Å²) in [7, 11) is 1.77. The molecule has 0 aromatic heterocycles. The van der Waals surface area contributed by atoms with Crippen LogP contribution in [0.15, 0.2) is 0 Å². The molecule has 2 N–H and O–H groups in total. The number of carbonyl (C=O) groups excluding carboxylic acids is 1. The molecule has 1 saturated carbocycles. The Hall–Kier alpha value is -0.650. The molecule has 5 heteroatoms. The van der Waals surface area contributed by atoms with Gasteiger partial charge in [0.1, 0.15) is 6.04 Å². The summed E-state index contributed by atoms with van der Waals surface area (Å²) < 4.78 is 11.1. The molecule has 0 radical (unpaired) electrons. The molecular weight excluding hydrogens is 256 g/mol. The molecule has 5 nitrogen and oxygen atoms in total. The highest BCUT2D eigenvalue weighted by Crippen LogP contribution is 2.48. The molecule has 0 bridgehead atoms. The Morgan fingerprint density at radius 3 is 2.70 bits per heavy atom. The molecule has 1 heterocycles. The molecule has 1 saturated heterocycles. The summed E-state index contributed by atoms with van der Waals surface area (Å²) in [6.07, 6.45) is 3.15. The molecule has 0 aromatic rings. The third-order valence-electron chi connectivity index (χ3n) is 5.30. The molecule has 2 fully saturated rings. The minimum absolute atomic E-state index is 0.0584. The zero-order valence-electron chi connectivity index (χ0n) is 13.1. The van der Waals surface area contributed by atoms with E-state index in [0.29, 0.717) is 6.61 Å². The van der Waals surface area contributed by atoms with E-state index in [1.54, 1.807) is 7.11 Å². The molecule has 4 atom stereocenters. The number of ether oxygens (including phenoxy) is 2. The Morgan fingerprint density at radius 1 is 1.45 bits per heavy atom. The fourth-order valence-electron chi connectivity index (χ4n) is 3.77. The third kappa shape index (κ3) is 2.59. The Balaban J connectivity index is 1.97. The van der Waals surface area contributed by atoms with Crippen LogP contribution in [-0.2, 0) is 14.3 Å². The highest BCUT2D eigenvalue weighted by Gasteiger charge is 2.54. The minimum atomic E-state index is -0.239. The van der Waals surface area contributed by atoms with Crippen LogP contribution in [0.25, 0.3) is 0 Å². The molecule has 2 unspecified atom stereocenters. The molecule has 1 aliphatic carbocycles. The van der Waals surface area contributed by atoms with Gasteiger partial charge in [0.05, 0.1) is 18.8 Å². The first-order valence-corrected chi connectivity index (χ1v) is 7.77. The number of hydrogen-bond acceptors (Lipinski definition) is 4. The van der Waals surface area contributed by atoms with Crippen molar-refractivity contribution in [2.75, 3.05) is 20.3 Å². The van der Waals surface area contributed by atoms with Crippen molar-refractivity contribution in [1.29, 1.82) is 0 Å². The van der Waals surface area contributed by atoms with Crippen molar-refractivity contribution in [1.82, 2.24) is 10.6 Å². The Bertz CT molecular complexity index is 344. The maximum absolute atomic E-state index is 12.4. The van der Waals surface area contributed by atoms with E-state index in [9.17, 15) is 4.79 Å². The number of methoxy groups -OCH3 is 1. The smallest absolute Gasteiger partial charge is 0.240 e. The van der Waals surface area contributed by atoms with Crippen LogP contribution >= 0.6 is 0 Å². The van der Waals surface area contributed by atoms with Crippen molar-refractivity contribution in [3.8, 4) is 0 Å². The predicted octanol–water partition coefficient (Wildman–Crippen LogP) is 1.07. The van der Waals surface area contributed by atoms with Gasteiger partial charge in [0.15, 0.2) is 0 Å². The molecule has 1 aliphatic heterocycles. The van der Waals surface area contributed by atoms with Gasteiger partial charge in [-0.05, 0) is 26.2 Å². The monoisotopic (exact) mass is 284 g/mol. The zero-order chi connectivity index (χ0) is 14.8. The molecular formula is C15H28N2O3. The van der Waals surface area contributed by atoms with Crippen LogP contribution in [0.2, 0.25) is 0 Å². The topological polar surface area (TPSA) is 59.6 Å². The van der Waals surface area contributed by atoms with E-state index in [-0.39, 0.29) is 35.6 Å². The Kier molecular flexibility index (Phi) is 5.04. The minimum Gasteiger partial charge on any atom is -0.381 e. The molecule has 2 rings (SSSR count). The summed E-state index contributed by atoms with van der Waals surface area (Å²) in [6.45, 7) is 7.72. The summed E-state index contributed by atoms with van der Waals surface area (Å²) in [5, 5.41) is 6.45. The van der Waals surface area contributed by atoms with E-state index in [4.69, 9.17) is 9.47 Å². The van der Waals surface area contributed by atoms with Gasteiger partial charge in [0.25, 0.3) is 0 Å². The summed E-state index contributed by atoms with van der Waals surface area (Å²) >= 11 is 0. The van der Waals surface area contributed by atoms with Gasteiger partial charge < -0.3 is 20.1 Å². The predicted molar refractivity (Wildman–Crippen MR) is 77.6 cm³/mol. The van der Waals surface area contributed by atoms with Crippen LogP contribution in [0.4, 0.5) is 0 Å². The number of nitrogens with one attached hydrogen (secondary N) is 2. The van der Waals surface area contributed by atoms with Crippen molar-refractivity contribution < 1.29 is 14.3 Å². The van der Waals surface area contributed by atoms with Crippen LogP contribution in [0.1, 0.15) is 40.0 Å². The molecule has 2 aliphatic rings. The van der Waals surface area contributed by atoms with Gasteiger partial charge in [0.2, 0.25) is 5.91 Å². The van der Waals surface area contributed by atoms with Crippen molar-refractivity contribution in [2.45, 2.75) is 64.3 Å². The Labute approximate surface area is 121 Å². The van der Waals surface area contributed by atoms with E-state index in [0.717, 1.165) is 25.8 Å². The van der Waals surface area contributed by atoms with E-state index >= 15 is 0 Å². The second-order valence-corrected chi connectivity index (χ2v) is 5.97. The number of morpholine rings is 1. The quantitative estimate of drug-likeness (QED) is 0.793. The lowest BCUT2D eigenvalue weighted by molar-refractivity contribution is -0.146. The van der Waals surface area contributed by atoms with Gasteiger partial charge in [-0.3, -0.25) is 4.79 Å². The zero-order valence-corrected chi connectivity index (χ0v) is 13.1. The van der Waals surface area contributed by atoms with E-state index in [2.05, 4.69) is 24.5 Å². The van der Waals surface area contributed by atoms with Crippen LogP contribution in [0, 0.1) is 5.41 Å². The SMILES string of the molecule is CCC1(CC)C(NC(=O)[C@H]2NCCO[C@@H]2C)CC1OC. The van der Waals surface area contributed by atoms with Crippen molar-refractivity contribution >= 4 is 5.91 Å². The standard InChI is InChI=1S/C15H28N2O3/c1-5-15(6-2)11(9-12(15)19-4)17-14(18)13-10(3)20-8-7-16-13/h10-13,16H,5-9H2,1-4H3,(H,17,18)/t10-,11?,12?,13+/m1/s1. The normalized spacial score (nSPS) is 36.2. The maximum atomic E-state index is 12.4. The largest absolute Gasteiger partial charge is 0.381 e. The van der Waals surface area contributed by atoms with Crippen molar-refractivity contribution in [3.63, 3.8) is 0 Å². The van der Waals surface area contributed by atoms with Crippen molar-refractivity contribution in [3.05, 3.63) is 0 Å². The number of hydrogen-bond donors (Lipinski definition) is 2. The highest BCUT2D eigenvalue weighted by atomic mass is 16.5. The Morgan fingerprint density at radius 2 is 2.15 bits per heavy atom. The number of rotatable bonds is 5. The highest BCUT2D eigenvalue weighted by molar-refractivity contribution is 5.83. The maximum Gasteiger partial charge on any atom is 0.240 e. The molecule has 0 aromatic carbocycles. The second kappa shape index (κ2) is 6.41. The van der Waals surface area contributed by atoms with E-state index < -0.39 is 0 Å². The van der Waals surface area contributed by atoms with Gasteiger partial charge in [-0.25, -0.2) is 0 Å². The van der Waals surface area contributed by atoms with Gasteiger partial charge >= 0.3 is 0 Å². The molecule has 20 heavy (non-hydrogen) atoms. The van der Waals surface area contributed by atoms with Gasteiger partial charge in [-0.2, -0.15) is 0 Å². The lowest BCUT2D eigenvalue weighted by Gasteiger charge is -2.55. The van der Waals surface area contributed by atoms with Gasteiger partial charge in [0, 0.05) is 25.1 Å². The average molecular weight is 284 g/mol. The van der Waals surface area contributed by atoms with Crippen LogP contribution in [0.5, 0.6) is 0 Å². The number of carbonyl (C=O) groups is 1. The molecule has 116 valence electrons. The summed E-state index contributed by atoms with van der Waals surface area (Å²) in [5.41, 5.74) is 0.0865. The van der Waals surface area contributed by atoms with E-state index in [1.165, 1.54) is 0 Å². The van der Waals surface area contributed by atoms with E-state index in [1.807, 2.05) is 6.92 Å². The van der Waals surface area contributed by atoms with Crippen LogP contribution < -0.4 is 10.6 Å². The number of amides is 1. The van der Waals surface area contributed by atoms with Gasteiger partial charge in [-0.15, -0.1) is 0 Å². The first kappa shape index (κ1) is 15.7. The fourth-order valence-corrected chi connectivity index (χ4v) is 3.77. The third-order valence-corrected chi connectivity index (χ3v) is 5.30. The lowest BCUT2D eigenvalue weighted by atomic mass is 9.58. The summed E-state index contributed by atoms with van der Waals surface area (Å²) in [6, 6.07) is -0.0253. The first-order chi connectivity index (χ1) is 9.58. The fraction of sp³-hybridized carbons (Fsp3) is 0.933. The summed E-state index contributed by atoms with van der Waals surface area (Å²) in [5.74, 6) is 0.0584.